The van der Waals surface area contributed by atoms with Crippen LogP contribution < -0.4 is 9.62 Å². The SMILES string of the molecule is CNCCC[C@@H]1Cc2cc(F)ccc2N(c2ccc(F)cc2C)S1(O)O. The Balaban J connectivity index is 2.09. The summed E-state index contributed by atoms with van der Waals surface area (Å²) < 4.78 is 51.0. The number of hydrogen-bond donors (Lipinski definition) is 3. The Kier molecular flexibility index (Phi) is 5.53. The fourth-order valence-corrected chi connectivity index (χ4v) is 5.60. The minimum absolute atomic E-state index is 0.355. The van der Waals surface area contributed by atoms with E-state index in [1.165, 1.54) is 28.6 Å². The van der Waals surface area contributed by atoms with Crippen LogP contribution in [0.3, 0.4) is 0 Å². The van der Waals surface area contributed by atoms with Crippen LogP contribution in [0.5, 0.6) is 0 Å². The van der Waals surface area contributed by atoms with E-state index in [1.807, 2.05) is 7.05 Å². The average Bonchev–Trinajstić information content (AvgIpc) is 2.57. The zero-order valence-corrected chi connectivity index (χ0v) is 15.7. The van der Waals surface area contributed by atoms with Crippen molar-refractivity contribution >= 4 is 22.2 Å². The fraction of sp³-hybridized carbons (Fsp3) is 0.368. The van der Waals surface area contributed by atoms with Gasteiger partial charge in [-0.15, -0.1) is 10.8 Å². The van der Waals surface area contributed by atoms with Crippen molar-refractivity contribution in [2.75, 3.05) is 17.9 Å². The topological polar surface area (TPSA) is 55.7 Å². The van der Waals surface area contributed by atoms with Gasteiger partial charge in [0.05, 0.1) is 16.6 Å². The highest BCUT2D eigenvalue weighted by Crippen LogP contribution is 2.61. The molecule has 1 aliphatic heterocycles. The second-order valence-electron chi connectivity index (χ2n) is 6.63. The number of halogens is 2. The van der Waals surface area contributed by atoms with Crippen LogP contribution in [0.2, 0.25) is 0 Å². The monoisotopic (exact) mass is 382 g/mol. The summed E-state index contributed by atoms with van der Waals surface area (Å²) in [5.41, 5.74) is 2.41. The lowest BCUT2D eigenvalue weighted by molar-refractivity contribution is 0.454. The van der Waals surface area contributed by atoms with E-state index in [4.69, 9.17) is 0 Å². The summed E-state index contributed by atoms with van der Waals surface area (Å²) in [6, 6.07) is 8.51. The lowest BCUT2D eigenvalue weighted by Crippen LogP contribution is -2.38. The Morgan fingerprint density at radius 3 is 2.42 bits per heavy atom. The number of nitrogens with zero attached hydrogens (tertiary/aromatic N) is 1. The van der Waals surface area contributed by atoms with E-state index in [0.717, 1.165) is 18.5 Å². The van der Waals surface area contributed by atoms with E-state index >= 15 is 0 Å². The molecule has 3 N–H and O–H groups in total. The van der Waals surface area contributed by atoms with Crippen LogP contribution >= 0.6 is 10.8 Å². The molecular formula is C19H24F2N2O2S. The summed E-state index contributed by atoms with van der Waals surface area (Å²) in [6.45, 7) is 2.49. The first-order chi connectivity index (χ1) is 12.3. The molecular weight excluding hydrogens is 358 g/mol. The molecule has 4 nitrogen and oxygen atoms in total. The van der Waals surface area contributed by atoms with E-state index in [2.05, 4.69) is 5.32 Å². The molecule has 0 saturated heterocycles. The molecule has 2 aromatic carbocycles. The molecule has 3 rings (SSSR count). The number of aryl methyl sites for hydroxylation is 1. The van der Waals surface area contributed by atoms with Crippen LogP contribution in [0.25, 0.3) is 0 Å². The number of rotatable bonds is 5. The predicted molar refractivity (Wildman–Crippen MR) is 103 cm³/mol. The van der Waals surface area contributed by atoms with Crippen molar-refractivity contribution in [3.05, 3.63) is 59.2 Å². The van der Waals surface area contributed by atoms with Gasteiger partial charge in [-0.05, 0) is 87.3 Å². The molecule has 2 aromatic rings. The van der Waals surface area contributed by atoms with Gasteiger partial charge in [0.25, 0.3) is 0 Å². The van der Waals surface area contributed by atoms with Crippen molar-refractivity contribution in [2.45, 2.75) is 31.4 Å². The molecule has 1 heterocycles. The molecule has 0 aromatic heterocycles. The fourth-order valence-electron chi connectivity index (χ4n) is 3.45. The van der Waals surface area contributed by atoms with E-state index in [1.54, 1.807) is 19.1 Å². The third-order valence-corrected chi connectivity index (χ3v) is 6.98. The van der Waals surface area contributed by atoms with Crippen LogP contribution in [0, 0.1) is 18.6 Å². The van der Waals surface area contributed by atoms with Gasteiger partial charge in [0.1, 0.15) is 11.6 Å². The number of nitrogens with one attached hydrogen (secondary N) is 1. The van der Waals surface area contributed by atoms with Gasteiger partial charge in [-0.1, -0.05) is 0 Å². The summed E-state index contributed by atoms with van der Waals surface area (Å²) in [6.07, 6.45) is 1.77. The maximum absolute atomic E-state index is 13.8. The Morgan fingerprint density at radius 2 is 1.77 bits per heavy atom. The molecule has 0 spiro atoms. The molecule has 0 aliphatic carbocycles. The summed E-state index contributed by atoms with van der Waals surface area (Å²) in [7, 11) is -1.35. The second kappa shape index (κ2) is 7.52. The van der Waals surface area contributed by atoms with Crippen molar-refractivity contribution in [2.24, 2.45) is 0 Å². The van der Waals surface area contributed by atoms with Gasteiger partial charge in [-0.25, -0.2) is 13.1 Å². The quantitative estimate of drug-likeness (QED) is 0.637. The first kappa shape index (κ1) is 19.1. The normalized spacial score (nSPS) is 19.9. The van der Waals surface area contributed by atoms with Crippen LogP contribution in [0.1, 0.15) is 24.0 Å². The lowest BCUT2D eigenvalue weighted by atomic mass is 10.0. The van der Waals surface area contributed by atoms with Gasteiger partial charge in [0.15, 0.2) is 0 Å². The standard InChI is InChI=1S/C19H24F2N2O2S/c1-13-10-15(20)5-7-18(13)23-19-8-6-16(21)11-14(19)12-17(26(23,24)25)4-3-9-22-2/h5-8,10-11,17,22,24-25H,3-4,9,12H2,1-2H3/t17-/m1/s1. The smallest absolute Gasteiger partial charge is 0.123 e. The minimum atomic E-state index is -3.20. The minimum Gasteiger partial charge on any atom is -0.320 e. The van der Waals surface area contributed by atoms with Crippen LogP contribution in [-0.4, -0.2) is 27.9 Å². The third kappa shape index (κ3) is 3.57. The molecule has 1 atom stereocenters. The van der Waals surface area contributed by atoms with Gasteiger partial charge < -0.3 is 5.32 Å². The van der Waals surface area contributed by atoms with Crippen LogP contribution in [0.4, 0.5) is 20.2 Å². The molecule has 0 bridgehead atoms. The maximum atomic E-state index is 13.8. The summed E-state index contributed by atoms with van der Waals surface area (Å²) in [5.74, 6) is -0.739. The van der Waals surface area contributed by atoms with Crippen molar-refractivity contribution in [3.63, 3.8) is 0 Å². The molecule has 0 fully saturated rings. The zero-order valence-electron chi connectivity index (χ0n) is 14.9. The van der Waals surface area contributed by atoms with Crippen molar-refractivity contribution < 1.29 is 17.9 Å². The summed E-state index contributed by atoms with van der Waals surface area (Å²) >= 11 is 0. The first-order valence-electron chi connectivity index (χ1n) is 8.61. The lowest BCUT2D eigenvalue weighted by Gasteiger charge is -2.53. The number of anilines is 2. The van der Waals surface area contributed by atoms with E-state index in [-0.39, 0.29) is 11.6 Å². The Hall–Kier alpha value is -1.67. The Labute approximate surface area is 154 Å². The van der Waals surface area contributed by atoms with Gasteiger partial charge in [-0.3, -0.25) is 9.11 Å². The molecule has 1 aliphatic rings. The van der Waals surface area contributed by atoms with E-state index < -0.39 is 16.0 Å². The molecule has 0 unspecified atom stereocenters. The molecule has 142 valence electrons. The van der Waals surface area contributed by atoms with Gasteiger partial charge in [0.2, 0.25) is 0 Å². The Morgan fingerprint density at radius 1 is 1.12 bits per heavy atom. The zero-order chi connectivity index (χ0) is 18.9. The maximum Gasteiger partial charge on any atom is 0.123 e. The summed E-state index contributed by atoms with van der Waals surface area (Å²) in [4.78, 5) is 0. The van der Waals surface area contributed by atoms with Crippen molar-refractivity contribution in [1.82, 2.24) is 5.32 Å². The number of benzene rings is 2. The van der Waals surface area contributed by atoms with E-state index in [0.29, 0.717) is 29.8 Å². The number of hydrogen-bond acceptors (Lipinski definition) is 4. The molecule has 0 radical (unpaired) electrons. The molecule has 0 saturated carbocycles. The largest absolute Gasteiger partial charge is 0.320 e. The van der Waals surface area contributed by atoms with Crippen molar-refractivity contribution in [1.29, 1.82) is 0 Å². The second-order valence-corrected chi connectivity index (χ2v) is 8.79. The highest BCUT2D eigenvalue weighted by molar-refractivity contribution is 8.26. The van der Waals surface area contributed by atoms with Crippen molar-refractivity contribution in [3.8, 4) is 0 Å². The highest BCUT2D eigenvalue weighted by Gasteiger charge is 2.40. The first-order valence-corrected chi connectivity index (χ1v) is 10.2. The number of fused-ring (bicyclic) bond motifs is 1. The molecule has 26 heavy (non-hydrogen) atoms. The summed E-state index contributed by atoms with van der Waals surface area (Å²) in [5, 5.41) is 2.63. The van der Waals surface area contributed by atoms with Crippen LogP contribution in [0.15, 0.2) is 36.4 Å². The highest BCUT2D eigenvalue weighted by atomic mass is 32.3. The average molecular weight is 382 g/mol. The van der Waals surface area contributed by atoms with E-state index in [9.17, 15) is 17.9 Å². The van der Waals surface area contributed by atoms with Gasteiger partial charge in [0, 0.05) is 0 Å². The van der Waals surface area contributed by atoms with Gasteiger partial charge in [-0.2, -0.15) is 0 Å². The van der Waals surface area contributed by atoms with Crippen LogP contribution in [-0.2, 0) is 6.42 Å². The predicted octanol–water partition coefficient (Wildman–Crippen LogP) is 5.00. The third-order valence-electron chi connectivity index (χ3n) is 4.75. The molecule has 7 heteroatoms. The van der Waals surface area contributed by atoms with Gasteiger partial charge >= 0.3 is 0 Å². The Bertz CT molecular complexity index is 801. The molecule has 0 amide bonds.